The Kier molecular flexibility index (Phi) is 14.4. The summed E-state index contributed by atoms with van der Waals surface area (Å²) < 4.78 is 1.46. The third-order valence-electron chi connectivity index (χ3n) is 8.76. The Balaban J connectivity index is 0.000000240. The Morgan fingerprint density at radius 1 is 0.707 bits per heavy atom. The molecule has 4 aromatic carbocycles. The molecule has 0 atom stereocenters. The minimum atomic E-state index is 0. The molecule has 0 aliphatic heterocycles. The predicted octanol–water partition coefficient (Wildman–Crippen LogP) is 4.34. The smallest absolute Gasteiger partial charge is 0.0162 e. The molecular weight excluding hydrogens is 619 g/mol. The van der Waals surface area contributed by atoms with Gasteiger partial charge in [-0.3, -0.25) is 0 Å². The van der Waals surface area contributed by atoms with Gasteiger partial charge in [-0.15, -0.1) is 5.56 Å². The van der Waals surface area contributed by atoms with Gasteiger partial charge in [-0.2, -0.15) is 47.5 Å². The molecule has 3 aliphatic carbocycles. The number of rotatable bonds is 3. The molecule has 3 aliphatic rings. The molecule has 0 saturated heterocycles. The van der Waals surface area contributed by atoms with E-state index in [1.54, 1.807) is 11.1 Å². The van der Waals surface area contributed by atoms with E-state index in [9.17, 15) is 0 Å². The van der Waals surface area contributed by atoms with E-state index < -0.39 is 0 Å². The first kappa shape index (κ1) is 33.8. The molecule has 0 heterocycles. The molecule has 214 valence electrons. The maximum atomic E-state index is 3.66. The van der Waals surface area contributed by atoms with Crippen LogP contribution in [0.25, 0.3) is 11.1 Å². The summed E-state index contributed by atoms with van der Waals surface area (Å²) in [6.45, 7) is 2.16. The van der Waals surface area contributed by atoms with E-state index in [0.717, 1.165) is 18.3 Å². The number of hydrogen-bond acceptors (Lipinski definition) is 0. The first-order valence-electron chi connectivity index (χ1n) is 15.1. The van der Waals surface area contributed by atoms with Gasteiger partial charge in [0.05, 0.1) is 0 Å². The molecule has 0 nitrogen and oxygen atoms in total. The number of halogens is 2. The van der Waals surface area contributed by atoms with Crippen LogP contribution < -0.4 is 24.8 Å². The van der Waals surface area contributed by atoms with Crippen molar-refractivity contribution in [3.63, 3.8) is 0 Å². The molecule has 0 N–H and O–H groups in total. The largest absolute Gasteiger partial charge is 1.00 e. The van der Waals surface area contributed by atoms with Crippen LogP contribution in [0.1, 0.15) is 111 Å². The summed E-state index contributed by atoms with van der Waals surface area (Å²) in [6, 6.07) is 36.3. The molecule has 2 saturated carbocycles. The average Bonchev–Trinajstić information content (AvgIpc) is 3.70. The second kappa shape index (κ2) is 17.5. The number of fused-ring (bicyclic) bond motifs is 3. The van der Waals surface area contributed by atoms with Crippen molar-refractivity contribution in [2.24, 2.45) is 0 Å². The molecule has 2 fully saturated rings. The topological polar surface area (TPSA) is 0 Å². The summed E-state index contributed by atoms with van der Waals surface area (Å²) in [7, 11) is 0. The van der Waals surface area contributed by atoms with Crippen LogP contribution in [0.3, 0.4) is 0 Å². The van der Waals surface area contributed by atoms with Gasteiger partial charge in [0.2, 0.25) is 0 Å². The quantitative estimate of drug-likeness (QED) is 0.253. The predicted molar refractivity (Wildman–Crippen MR) is 163 cm³/mol. The third kappa shape index (κ3) is 9.41. The Morgan fingerprint density at radius 3 is 1.83 bits per heavy atom. The van der Waals surface area contributed by atoms with Gasteiger partial charge < -0.3 is 24.8 Å². The fourth-order valence-electron chi connectivity index (χ4n) is 6.49. The fourth-order valence-corrected chi connectivity index (χ4v) is 6.90. The average molecular weight is 661 g/mol. The van der Waals surface area contributed by atoms with Crippen molar-refractivity contribution >= 4 is 3.21 Å². The summed E-state index contributed by atoms with van der Waals surface area (Å²) in [6.07, 6.45) is 15.1. The minimum absolute atomic E-state index is 0. The monoisotopic (exact) mass is 658 g/mol. The summed E-state index contributed by atoms with van der Waals surface area (Å²) in [5.41, 5.74) is 10.5. The maximum absolute atomic E-state index is 3.66. The van der Waals surface area contributed by atoms with Gasteiger partial charge in [0.15, 0.2) is 0 Å². The molecule has 0 unspecified atom stereocenters. The fraction of sp³-hybridized carbons (Fsp3) is 0.368. The zero-order valence-electron chi connectivity index (χ0n) is 24.3. The van der Waals surface area contributed by atoms with Gasteiger partial charge in [-0.1, -0.05) is 86.6 Å². The van der Waals surface area contributed by atoms with Crippen LogP contribution in [0.4, 0.5) is 0 Å². The third-order valence-corrected chi connectivity index (χ3v) is 9.47. The second-order valence-corrected chi connectivity index (χ2v) is 13.4. The van der Waals surface area contributed by atoms with Crippen molar-refractivity contribution < 1.29 is 49.0 Å². The van der Waals surface area contributed by atoms with Crippen LogP contribution in [-0.4, -0.2) is 3.21 Å². The van der Waals surface area contributed by atoms with Crippen LogP contribution in [0.15, 0.2) is 91.0 Å². The van der Waals surface area contributed by atoms with Gasteiger partial charge in [-0.25, -0.2) is 12.1 Å². The number of benzene rings is 3. The van der Waals surface area contributed by atoms with Crippen LogP contribution in [0.2, 0.25) is 0 Å². The van der Waals surface area contributed by atoms with Gasteiger partial charge in [0, 0.05) is 0 Å². The van der Waals surface area contributed by atoms with Crippen LogP contribution >= 0.6 is 0 Å². The van der Waals surface area contributed by atoms with Gasteiger partial charge in [0.25, 0.3) is 0 Å². The molecule has 0 spiro atoms. The summed E-state index contributed by atoms with van der Waals surface area (Å²) in [5, 5.41) is 0. The Bertz CT molecular complexity index is 1230. The van der Waals surface area contributed by atoms with E-state index in [4.69, 9.17) is 0 Å². The molecular formula is C38H42Cl2Zr-2. The molecule has 3 heteroatoms. The summed E-state index contributed by atoms with van der Waals surface area (Å²) >= 11 is 1.51. The first-order chi connectivity index (χ1) is 19.2. The van der Waals surface area contributed by atoms with E-state index in [-0.39, 0.29) is 24.8 Å². The van der Waals surface area contributed by atoms with Crippen molar-refractivity contribution in [2.75, 3.05) is 0 Å². The molecule has 0 amide bonds. The zero-order chi connectivity index (χ0) is 26.9. The van der Waals surface area contributed by atoms with Crippen molar-refractivity contribution in [1.29, 1.82) is 0 Å². The second-order valence-electron chi connectivity index (χ2n) is 11.5. The molecule has 0 aromatic heterocycles. The van der Waals surface area contributed by atoms with Crippen molar-refractivity contribution in [3.8, 4) is 11.1 Å². The first-order valence-corrected chi connectivity index (χ1v) is 16.4. The zero-order valence-corrected chi connectivity index (χ0v) is 28.3. The van der Waals surface area contributed by atoms with E-state index in [2.05, 4.69) is 67.6 Å². The standard InChI is InChI=1S/C25H29.C8H8.C5H5.2ClH.Zr/c1-3-7-18(8-4-1)20-11-13-22-15-23-14-12-21(17-25(23)24(22)16-20)19-9-5-2-6-10-19;1-2-8-6-4-3-5-7-8;1-2-4-5-3-1;;;/h11-13,16-19H,1-10,15H2;3-7H,1H3;1-5H;2*1H;/q-1;;-1;;;+2/p-2. The molecule has 7 rings (SSSR count). The molecule has 0 bridgehead atoms. The SMILES string of the molecule is C[C](=[Zr+2])c1ccccc1.[Cl-].[Cl-].[c-]1cc(C2CCCCC2)cc2c1Cc1ccc(C3CCCCC3)cc1-2.c1cc[cH-]c1. The van der Waals surface area contributed by atoms with E-state index in [1.807, 2.05) is 36.4 Å². The molecule has 41 heavy (non-hydrogen) atoms. The minimum Gasteiger partial charge on any atom is -1.00 e. The van der Waals surface area contributed by atoms with Crippen molar-refractivity contribution in [2.45, 2.75) is 89.4 Å². The Morgan fingerprint density at radius 2 is 1.29 bits per heavy atom. The van der Waals surface area contributed by atoms with E-state index in [0.29, 0.717) is 0 Å². The van der Waals surface area contributed by atoms with Crippen molar-refractivity contribution in [3.05, 3.63) is 125 Å². The van der Waals surface area contributed by atoms with Gasteiger partial charge in [-0.05, 0) is 30.7 Å². The molecule has 4 aromatic rings. The number of hydrogen-bond donors (Lipinski definition) is 0. The van der Waals surface area contributed by atoms with Gasteiger partial charge in [0.1, 0.15) is 0 Å². The van der Waals surface area contributed by atoms with E-state index >= 15 is 0 Å². The van der Waals surface area contributed by atoms with Gasteiger partial charge >= 0.3 is 70.3 Å². The summed E-state index contributed by atoms with van der Waals surface area (Å²) in [5.74, 6) is 1.58. The van der Waals surface area contributed by atoms with Crippen LogP contribution in [-0.2, 0) is 30.7 Å². The molecule has 0 radical (unpaired) electrons. The normalized spacial score (nSPS) is 15.9. The summed E-state index contributed by atoms with van der Waals surface area (Å²) in [4.78, 5) is 0. The Hall–Kier alpha value is -1.66. The Labute approximate surface area is 275 Å². The van der Waals surface area contributed by atoms with Crippen LogP contribution in [0, 0.1) is 6.07 Å². The van der Waals surface area contributed by atoms with E-state index in [1.165, 1.54) is 119 Å². The van der Waals surface area contributed by atoms with Crippen LogP contribution in [0.5, 0.6) is 0 Å². The maximum Gasteiger partial charge on any atom is -0.0162 e. The van der Waals surface area contributed by atoms with Crippen molar-refractivity contribution in [1.82, 2.24) is 0 Å².